The smallest absolute Gasteiger partial charge is 0.256 e. The minimum Gasteiger partial charge on any atom is -0.322 e. The van der Waals surface area contributed by atoms with Crippen LogP contribution >= 0.6 is 11.3 Å². The standard InChI is InChI=1S/C24H16N2OS/c27-24(25-18-12-11-16-6-1-2-7-17(16)14-18)20-15-22(23-10-5-13-28-23)26-21-9-4-3-8-19(20)21/h1-15H,(H,25,27). The van der Waals surface area contributed by atoms with E-state index in [0.29, 0.717) is 5.56 Å². The highest BCUT2D eigenvalue weighted by Crippen LogP contribution is 2.28. The van der Waals surface area contributed by atoms with Crippen molar-refractivity contribution < 1.29 is 4.79 Å². The molecule has 1 amide bonds. The molecule has 5 rings (SSSR count). The van der Waals surface area contributed by atoms with Gasteiger partial charge in [-0.3, -0.25) is 4.79 Å². The van der Waals surface area contributed by atoms with E-state index >= 15 is 0 Å². The predicted octanol–water partition coefficient (Wildman–Crippen LogP) is 6.37. The van der Waals surface area contributed by atoms with Gasteiger partial charge in [0.2, 0.25) is 0 Å². The number of hydrogen-bond donors (Lipinski definition) is 1. The molecule has 28 heavy (non-hydrogen) atoms. The van der Waals surface area contributed by atoms with Crippen molar-refractivity contribution in [2.24, 2.45) is 0 Å². The van der Waals surface area contributed by atoms with E-state index < -0.39 is 0 Å². The fraction of sp³-hybridized carbons (Fsp3) is 0. The van der Waals surface area contributed by atoms with Gasteiger partial charge in [0.25, 0.3) is 5.91 Å². The number of aromatic nitrogens is 1. The van der Waals surface area contributed by atoms with E-state index in [1.54, 1.807) is 11.3 Å². The summed E-state index contributed by atoms with van der Waals surface area (Å²) in [5.74, 6) is -0.133. The molecule has 1 N–H and O–H groups in total. The van der Waals surface area contributed by atoms with Crippen molar-refractivity contribution in [1.29, 1.82) is 0 Å². The average molecular weight is 380 g/mol. The van der Waals surface area contributed by atoms with Crippen LogP contribution in [0.4, 0.5) is 5.69 Å². The van der Waals surface area contributed by atoms with Gasteiger partial charge in [-0.1, -0.05) is 54.6 Å². The Morgan fingerprint density at radius 3 is 2.50 bits per heavy atom. The highest BCUT2D eigenvalue weighted by molar-refractivity contribution is 7.13. The van der Waals surface area contributed by atoms with Crippen molar-refractivity contribution in [2.75, 3.05) is 5.32 Å². The second-order valence-corrected chi connectivity index (χ2v) is 7.51. The molecule has 0 unspecified atom stereocenters. The molecule has 0 spiro atoms. The van der Waals surface area contributed by atoms with E-state index in [1.165, 1.54) is 0 Å². The van der Waals surface area contributed by atoms with E-state index in [0.717, 1.165) is 37.9 Å². The number of para-hydroxylation sites is 1. The molecule has 0 radical (unpaired) electrons. The van der Waals surface area contributed by atoms with Crippen LogP contribution in [0, 0.1) is 0 Å². The van der Waals surface area contributed by atoms with Gasteiger partial charge in [-0.2, -0.15) is 0 Å². The van der Waals surface area contributed by atoms with Gasteiger partial charge in [0.1, 0.15) is 0 Å². The summed E-state index contributed by atoms with van der Waals surface area (Å²) in [7, 11) is 0. The van der Waals surface area contributed by atoms with Crippen LogP contribution < -0.4 is 5.32 Å². The second-order valence-electron chi connectivity index (χ2n) is 6.57. The molecule has 5 aromatic rings. The van der Waals surface area contributed by atoms with Crippen molar-refractivity contribution >= 4 is 44.6 Å². The summed E-state index contributed by atoms with van der Waals surface area (Å²) >= 11 is 1.62. The molecule has 2 heterocycles. The Kier molecular flexibility index (Phi) is 4.11. The monoisotopic (exact) mass is 380 g/mol. The third-order valence-electron chi connectivity index (χ3n) is 4.74. The maximum atomic E-state index is 13.2. The molecule has 0 atom stereocenters. The number of anilines is 1. The molecule has 3 aromatic carbocycles. The number of carbonyl (C=O) groups excluding carboxylic acids is 1. The lowest BCUT2D eigenvalue weighted by Crippen LogP contribution is -2.13. The summed E-state index contributed by atoms with van der Waals surface area (Å²) < 4.78 is 0. The summed E-state index contributed by atoms with van der Waals surface area (Å²) in [6, 6.07) is 27.7. The minimum absolute atomic E-state index is 0.133. The number of fused-ring (bicyclic) bond motifs is 2. The van der Waals surface area contributed by atoms with Gasteiger partial charge in [-0.15, -0.1) is 11.3 Å². The molecule has 0 aliphatic rings. The fourth-order valence-corrected chi connectivity index (χ4v) is 4.07. The van der Waals surface area contributed by atoms with Crippen molar-refractivity contribution in [3.8, 4) is 10.6 Å². The van der Waals surface area contributed by atoms with E-state index in [1.807, 2.05) is 84.2 Å². The first-order chi connectivity index (χ1) is 13.8. The van der Waals surface area contributed by atoms with E-state index in [4.69, 9.17) is 4.98 Å². The van der Waals surface area contributed by atoms with Crippen molar-refractivity contribution in [3.63, 3.8) is 0 Å². The minimum atomic E-state index is -0.133. The van der Waals surface area contributed by atoms with Gasteiger partial charge in [0, 0.05) is 11.1 Å². The summed E-state index contributed by atoms with van der Waals surface area (Å²) in [4.78, 5) is 18.9. The first-order valence-electron chi connectivity index (χ1n) is 9.02. The molecule has 2 aromatic heterocycles. The number of carbonyl (C=O) groups is 1. The first-order valence-corrected chi connectivity index (χ1v) is 9.90. The highest BCUT2D eigenvalue weighted by atomic mass is 32.1. The van der Waals surface area contributed by atoms with Gasteiger partial charge in [0.05, 0.1) is 21.7 Å². The van der Waals surface area contributed by atoms with Gasteiger partial charge >= 0.3 is 0 Å². The first kappa shape index (κ1) is 16.7. The number of thiophene rings is 1. The van der Waals surface area contributed by atoms with Crippen LogP contribution in [-0.2, 0) is 0 Å². The molecule has 3 nitrogen and oxygen atoms in total. The second kappa shape index (κ2) is 6.91. The van der Waals surface area contributed by atoms with Crippen LogP contribution in [0.25, 0.3) is 32.2 Å². The maximum absolute atomic E-state index is 13.2. The summed E-state index contributed by atoms with van der Waals surface area (Å²) in [5.41, 5.74) is 3.04. The highest BCUT2D eigenvalue weighted by Gasteiger charge is 2.14. The quantitative estimate of drug-likeness (QED) is 0.395. The van der Waals surface area contributed by atoms with Crippen LogP contribution in [0.1, 0.15) is 10.4 Å². The topological polar surface area (TPSA) is 42.0 Å². The fourth-order valence-electron chi connectivity index (χ4n) is 3.38. The largest absolute Gasteiger partial charge is 0.322 e. The van der Waals surface area contributed by atoms with Gasteiger partial charge in [-0.05, 0) is 46.5 Å². The number of nitrogens with zero attached hydrogens (tertiary/aromatic N) is 1. The lowest BCUT2D eigenvalue weighted by atomic mass is 10.1. The molecular weight excluding hydrogens is 364 g/mol. The normalized spacial score (nSPS) is 11.0. The zero-order valence-electron chi connectivity index (χ0n) is 14.9. The lowest BCUT2D eigenvalue weighted by Gasteiger charge is -2.10. The van der Waals surface area contributed by atoms with Crippen molar-refractivity contribution in [3.05, 3.63) is 95.9 Å². The molecule has 134 valence electrons. The molecule has 4 heteroatoms. The maximum Gasteiger partial charge on any atom is 0.256 e. The Morgan fingerprint density at radius 2 is 1.64 bits per heavy atom. The summed E-state index contributed by atoms with van der Waals surface area (Å²) in [6.07, 6.45) is 0. The SMILES string of the molecule is O=C(Nc1ccc2ccccc2c1)c1cc(-c2cccs2)nc2ccccc12. The van der Waals surface area contributed by atoms with E-state index in [9.17, 15) is 4.79 Å². The number of hydrogen-bond acceptors (Lipinski definition) is 3. The Labute approximate surface area is 166 Å². The van der Waals surface area contributed by atoms with E-state index in [2.05, 4.69) is 11.4 Å². The van der Waals surface area contributed by atoms with Crippen LogP contribution in [0.15, 0.2) is 90.3 Å². The number of benzene rings is 3. The van der Waals surface area contributed by atoms with Gasteiger partial charge in [-0.25, -0.2) is 4.98 Å². The summed E-state index contributed by atoms with van der Waals surface area (Å²) in [5, 5.41) is 8.16. The van der Waals surface area contributed by atoms with Crippen LogP contribution in [0.3, 0.4) is 0 Å². The number of nitrogens with one attached hydrogen (secondary N) is 1. The Morgan fingerprint density at radius 1 is 0.821 bits per heavy atom. The Bertz CT molecular complexity index is 1310. The number of pyridine rings is 1. The number of amides is 1. The van der Waals surface area contributed by atoms with Crippen LogP contribution in [0.2, 0.25) is 0 Å². The average Bonchev–Trinajstić information content (AvgIpc) is 3.28. The zero-order valence-corrected chi connectivity index (χ0v) is 15.7. The van der Waals surface area contributed by atoms with Crippen molar-refractivity contribution in [1.82, 2.24) is 4.98 Å². The molecule has 0 aliphatic heterocycles. The van der Waals surface area contributed by atoms with Crippen LogP contribution in [0.5, 0.6) is 0 Å². The van der Waals surface area contributed by atoms with Crippen molar-refractivity contribution in [2.45, 2.75) is 0 Å². The molecular formula is C24H16N2OS. The predicted molar refractivity (Wildman–Crippen MR) is 117 cm³/mol. The third-order valence-corrected chi connectivity index (χ3v) is 5.63. The molecule has 0 aliphatic carbocycles. The van der Waals surface area contributed by atoms with Gasteiger partial charge in [0.15, 0.2) is 0 Å². The Hall–Kier alpha value is -3.50. The molecule has 0 saturated carbocycles. The number of rotatable bonds is 3. The molecule has 0 bridgehead atoms. The molecule has 0 fully saturated rings. The summed E-state index contributed by atoms with van der Waals surface area (Å²) in [6.45, 7) is 0. The zero-order chi connectivity index (χ0) is 18.9. The van der Waals surface area contributed by atoms with Gasteiger partial charge < -0.3 is 5.32 Å². The Balaban J connectivity index is 1.57. The lowest BCUT2D eigenvalue weighted by molar-refractivity contribution is 0.102. The van der Waals surface area contributed by atoms with Crippen LogP contribution in [-0.4, -0.2) is 10.9 Å². The molecule has 0 saturated heterocycles. The van der Waals surface area contributed by atoms with E-state index in [-0.39, 0.29) is 5.91 Å². The third kappa shape index (κ3) is 3.04.